The Hall–Kier alpha value is -1.05. The molecule has 0 fully saturated rings. The molecule has 1 aliphatic heterocycles. The molecule has 90 valence electrons. The fraction of sp³-hybridized carbons (Fsp3) is 0.625. The van der Waals surface area contributed by atoms with Gasteiger partial charge in [-0.3, -0.25) is 4.68 Å². The average molecular weight is 254 g/mol. The number of halogens is 3. The van der Waals surface area contributed by atoms with E-state index >= 15 is 0 Å². The molecule has 0 aliphatic carbocycles. The quantitative estimate of drug-likeness (QED) is 0.809. The molecule has 1 aromatic rings. The average Bonchev–Trinajstić information content (AvgIpc) is 2.70. The number of alkyl halides is 3. The maximum Gasteiger partial charge on any atom is 0.342 e. The van der Waals surface area contributed by atoms with E-state index < -0.39 is 26.8 Å². The summed E-state index contributed by atoms with van der Waals surface area (Å²) in [5.41, 5.74) is 0.0479. The largest absolute Gasteiger partial charge is 0.342 e. The highest BCUT2D eigenvalue weighted by Gasteiger charge is 2.36. The van der Waals surface area contributed by atoms with Gasteiger partial charge in [0.1, 0.15) is 6.17 Å². The molecular formula is C8H9F3N2O2S. The zero-order valence-electron chi connectivity index (χ0n) is 8.27. The Morgan fingerprint density at radius 3 is 2.69 bits per heavy atom. The second-order valence-electron chi connectivity index (χ2n) is 3.71. The topological polar surface area (TPSA) is 52.0 Å². The number of fused-ring (bicyclic) bond motifs is 1. The van der Waals surface area contributed by atoms with Crippen LogP contribution in [0.2, 0.25) is 0 Å². The second kappa shape index (κ2) is 3.47. The van der Waals surface area contributed by atoms with E-state index in [2.05, 4.69) is 5.10 Å². The van der Waals surface area contributed by atoms with Crippen LogP contribution in [-0.4, -0.2) is 24.0 Å². The minimum atomic E-state index is -4.73. The number of hydrogen-bond donors (Lipinski definition) is 0. The van der Waals surface area contributed by atoms with Crippen molar-refractivity contribution in [1.82, 2.24) is 9.78 Å². The molecule has 0 bridgehead atoms. The van der Waals surface area contributed by atoms with Crippen molar-refractivity contribution in [2.45, 2.75) is 36.3 Å². The fourth-order valence-electron chi connectivity index (χ4n) is 1.72. The highest BCUT2D eigenvalue weighted by Crippen LogP contribution is 2.37. The lowest BCUT2D eigenvalue weighted by atomic mass is 10.2. The molecule has 0 saturated carbocycles. The summed E-state index contributed by atoms with van der Waals surface area (Å²) in [4.78, 5) is 0. The predicted octanol–water partition coefficient (Wildman–Crippen LogP) is 1.85. The predicted molar refractivity (Wildman–Crippen MR) is 48.6 cm³/mol. The smallest absolute Gasteiger partial charge is 0.262 e. The van der Waals surface area contributed by atoms with E-state index in [4.69, 9.17) is 0 Å². The normalized spacial score (nSPS) is 25.1. The summed E-state index contributed by atoms with van der Waals surface area (Å²) in [5.74, 6) is -3.53. The highest BCUT2D eigenvalue weighted by atomic mass is 32.2. The van der Waals surface area contributed by atoms with Gasteiger partial charge >= 0.3 is 5.76 Å². The van der Waals surface area contributed by atoms with Crippen LogP contribution in [0.4, 0.5) is 13.2 Å². The lowest BCUT2D eigenvalue weighted by Crippen LogP contribution is -2.13. The molecule has 1 aliphatic rings. The Kier molecular flexibility index (Phi) is 2.48. The van der Waals surface area contributed by atoms with Crippen molar-refractivity contribution in [2.24, 2.45) is 0 Å². The third-order valence-electron chi connectivity index (χ3n) is 2.55. The summed E-state index contributed by atoms with van der Waals surface area (Å²) in [6.07, 6.45) is -1.15. The lowest BCUT2D eigenvalue weighted by molar-refractivity contribution is 0.234. The molecule has 16 heavy (non-hydrogen) atoms. The fourth-order valence-corrected chi connectivity index (χ4v) is 2.39. The zero-order chi connectivity index (χ0) is 12.1. The van der Waals surface area contributed by atoms with Crippen molar-refractivity contribution in [3.8, 4) is 0 Å². The highest BCUT2D eigenvalue weighted by molar-refractivity contribution is 7.91. The Morgan fingerprint density at radius 1 is 1.56 bits per heavy atom. The van der Waals surface area contributed by atoms with Crippen LogP contribution in [0.25, 0.3) is 0 Å². The van der Waals surface area contributed by atoms with Gasteiger partial charge in [0.15, 0.2) is 5.03 Å². The maximum atomic E-state index is 13.3. The number of aromatic nitrogens is 2. The molecule has 4 nitrogen and oxygen atoms in total. The van der Waals surface area contributed by atoms with Crippen molar-refractivity contribution >= 4 is 9.84 Å². The van der Waals surface area contributed by atoms with Crippen LogP contribution in [0.5, 0.6) is 0 Å². The molecule has 1 aromatic heterocycles. The first kappa shape index (κ1) is 11.4. The molecule has 0 unspecified atom stereocenters. The van der Waals surface area contributed by atoms with Crippen LogP contribution in [0.3, 0.4) is 0 Å². The van der Waals surface area contributed by atoms with Gasteiger partial charge in [-0.25, -0.2) is 12.8 Å². The Bertz CT molecular complexity index is 486. The Labute approximate surface area is 90.0 Å². The van der Waals surface area contributed by atoms with E-state index in [9.17, 15) is 21.6 Å². The number of hydrogen-bond acceptors (Lipinski definition) is 3. The van der Waals surface area contributed by atoms with Gasteiger partial charge in [-0.1, -0.05) is 0 Å². The van der Waals surface area contributed by atoms with Gasteiger partial charge in [0, 0.05) is 12.5 Å². The van der Waals surface area contributed by atoms with Crippen molar-refractivity contribution < 1.29 is 21.6 Å². The van der Waals surface area contributed by atoms with Gasteiger partial charge in [-0.05, 0) is 6.92 Å². The van der Waals surface area contributed by atoms with E-state index in [1.54, 1.807) is 6.92 Å². The number of nitrogens with zero attached hydrogens (tertiary/aromatic N) is 2. The number of rotatable bonds is 2. The van der Waals surface area contributed by atoms with E-state index in [-0.39, 0.29) is 18.2 Å². The molecule has 0 saturated heterocycles. The van der Waals surface area contributed by atoms with Crippen molar-refractivity contribution in [2.75, 3.05) is 0 Å². The molecule has 0 spiro atoms. The number of sulfone groups is 1. The molecule has 2 atom stereocenters. The first-order valence-corrected chi connectivity index (χ1v) is 6.14. The van der Waals surface area contributed by atoms with Crippen LogP contribution in [0, 0.1) is 0 Å². The first-order valence-electron chi connectivity index (χ1n) is 4.59. The minimum Gasteiger partial charge on any atom is -0.262 e. The Balaban J connectivity index is 2.49. The van der Waals surface area contributed by atoms with Gasteiger partial charge in [0.2, 0.25) is 0 Å². The third-order valence-corrected chi connectivity index (χ3v) is 3.81. The molecule has 0 radical (unpaired) electrons. The van der Waals surface area contributed by atoms with Crippen molar-refractivity contribution in [1.29, 1.82) is 0 Å². The molecule has 0 aromatic carbocycles. The standard InChI is InChI=1S/C8H9F3N2O2S/c1-4-2-5(9)6-3-7(12-13(4)6)16(14,15)8(10)11/h3-5,8H,2H2,1H3/t4-,5+/m0/s1. The van der Waals surface area contributed by atoms with Crippen molar-refractivity contribution in [3.05, 3.63) is 11.8 Å². The van der Waals surface area contributed by atoms with Crippen molar-refractivity contribution in [3.63, 3.8) is 0 Å². The van der Waals surface area contributed by atoms with Gasteiger partial charge in [-0.2, -0.15) is 13.9 Å². The molecule has 2 rings (SSSR count). The summed E-state index contributed by atoms with van der Waals surface area (Å²) in [6, 6.07) is 0.571. The minimum absolute atomic E-state index is 0.0479. The van der Waals surface area contributed by atoms with Crippen LogP contribution < -0.4 is 0 Å². The summed E-state index contributed by atoms with van der Waals surface area (Å²) in [5, 5.41) is 2.77. The summed E-state index contributed by atoms with van der Waals surface area (Å²) >= 11 is 0. The molecule has 0 N–H and O–H groups in total. The van der Waals surface area contributed by atoms with Crippen LogP contribution in [0.1, 0.15) is 31.3 Å². The van der Waals surface area contributed by atoms with Crippen LogP contribution in [-0.2, 0) is 9.84 Å². The third kappa shape index (κ3) is 1.51. The van der Waals surface area contributed by atoms with Crippen LogP contribution in [0.15, 0.2) is 11.1 Å². The van der Waals surface area contributed by atoms with E-state index in [0.29, 0.717) is 0 Å². The van der Waals surface area contributed by atoms with Crippen LogP contribution >= 0.6 is 0 Å². The molecule has 0 amide bonds. The maximum absolute atomic E-state index is 13.3. The second-order valence-corrected chi connectivity index (χ2v) is 5.57. The summed E-state index contributed by atoms with van der Waals surface area (Å²) in [7, 11) is -4.73. The first-order chi connectivity index (χ1) is 7.34. The zero-order valence-corrected chi connectivity index (χ0v) is 9.09. The Morgan fingerprint density at radius 2 is 2.19 bits per heavy atom. The lowest BCUT2D eigenvalue weighted by Gasteiger charge is -2.03. The summed E-state index contributed by atoms with van der Waals surface area (Å²) in [6.45, 7) is 1.65. The SMILES string of the molecule is C[C@H]1C[C@@H](F)c2cc(S(=O)(=O)C(F)F)nn21. The molecular weight excluding hydrogens is 245 g/mol. The van der Waals surface area contributed by atoms with Gasteiger partial charge in [-0.15, -0.1) is 0 Å². The van der Waals surface area contributed by atoms with E-state index in [1.165, 1.54) is 0 Å². The van der Waals surface area contributed by atoms with Gasteiger partial charge in [0.05, 0.1) is 11.7 Å². The molecule has 2 heterocycles. The van der Waals surface area contributed by atoms with Gasteiger partial charge in [0.25, 0.3) is 9.84 Å². The molecule has 8 heteroatoms. The monoisotopic (exact) mass is 254 g/mol. The summed E-state index contributed by atoms with van der Waals surface area (Å²) < 4.78 is 61.1. The van der Waals surface area contributed by atoms with E-state index in [0.717, 1.165) is 10.7 Å². The van der Waals surface area contributed by atoms with E-state index in [1.807, 2.05) is 0 Å². The van der Waals surface area contributed by atoms with Gasteiger partial charge < -0.3 is 0 Å².